The van der Waals surface area contributed by atoms with Crippen molar-refractivity contribution in [2.45, 2.75) is 13.0 Å². The van der Waals surface area contributed by atoms with Crippen LogP contribution < -0.4 is 5.32 Å². The van der Waals surface area contributed by atoms with Gasteiger partial charge in [-0.25, -0.2) is 4.79 Å². The average Bonchev–Trinajstić information content (AvgIpc) is 2.47. The van der Waals surface area contributed by atoms with Gasteiger partial charge in [0.2, 0.25) is 0 Å². The van der Waals surface area contributed by atoms with Crippen LogP contribution in [0.3, 0.4) is 0 Å². The van der Waals surface area contributed by atoms with Gasteiger partial charge in [-0.3, -0.25) is 4.98 Å². The van der Waals surface area contributed by atoms with Gasteiger partial charge in [-0.2, -0.15) is 0 Å². The molecule has 0 atom stereocenters. The first-order valence-electron chi connectivity index (χ1n) is 6.27. The Bertz CT molecular complexity index is 624. The van der Waals surface area contributed by atoms with Crippen molar-refractivity contribution in [2.75, 3.05) is 6.54 Å². The fourth-order valence-corrected chi connectivity index (χ4v) is 2.52. The van der Waals surface area contributed by atoms with Gasteiger partial charge in [-0.15, -0.1) is 0 Å². The molecule has 1 aromatic carbocycles. The van der Waals surface area contributed by atoms with E-state index in [2.05, 4.69) is 10.3 Å². The van der Waals surface area contributed by atoms with Crippen LogP contribution in [0.15, 0.2) is 36.5 Å². The molecule has 0 radical (unpaired) electrons. The Balaban J connectivity index is 2.20. The van der Waals surface area contributed by atoms with Gasteiger partial charge < -0.3 is 10.4 Å². The summed E-state index contributed by atoms with van der Waals surface area (Å²) in [6.07, 6.45) is 2.22. The zero-order valence-electron chi connectivity index (χ0n) is 10.4. The van der Waals surface area contributed by atoms with Gasteiger partial charge in [-0.05, 0) is 24.1 Å². The number of nitrogens with one attached hydrogen (secondary N) is 1. The maximum absolute atomic E-state index is 11.3. The lowest BCUT2D eigenvalue weighted by atomic mass is 9.93. The summed E-state index contributed by atoms with van der Waals surface area (Å²) in [5.41, 5.74) is 4.17. The number of hydrogen-bond acceptors (Lipinski definition) is 3. The number of hydrogen-bond donors (Lipinski definition) is 2. The number of benzene rings is 1. The molecule has 0 unspecified atom stereocenters. The van der Waals surface area contributed by atoms with Gasteiger partial charge in [-0.1, -0.05) is 30.3 Å². The van der Waals surface area contributed by atoms with Gasteiger partial charge in [0.25, 0.3) is 0 Å². The van der Waals surface area contributed by atoms with Crippen molar-refractivity contribution >= 4 is 5.97 Å². The molecule has 0 amide bonds. The van der Waals surface area contributed by atoms with Crippen molar-refractivity contribution < 1.29 is 9.90 Å². The van der Waals surface area contributed by atoms with E-state index in [1.54, 1.807) is 0 Å². The topological polar surface area (TPSA) is 62.2 Å². The second-order valence-corrected chi connectivity index (χ2v) is 4.58. The SMILES string of the molecule is O=C(O)c1cnc(-c2ccccc2)c2c1CCNC2. The smallest absolute Gasteiger partial charge is 0.337 e. The number of aromatic carboxylic acids is 1. The van der Waals surface area contributed by atoms with Crippen molar-refractivity contribution in [1.82, 2.24) is 10.3 Å². The number of carbonyl (C=O) groups is 1. The number of fused-ring (bicyclic) bond motifs is 1. The number of pyridine rings is 1. The highest BCUT2D eigenvalue weighted by Crippen LogP contribution is 2.28. The van der Waals surface area contributed by atoms with Gasteiger partial charge in [0.15, 0.2) is 0 Å². The van der Waals surface area contributed by atoms with E-state index in [1.807, 2.05) is 30.3 Å². The molecule has 1 aliphatic rings. The number of carboxylic acid groups (broad SMARTS) is 1. The van der Waals surface area contributed by atoms with E-state index in [0.717, 1.165) is 35.3 Å². The first-order valence-corrected chi connectivity index (χ1v) is 6.27. The molecule has 4 nitrogen and oxygen atoms in total. The third kappa shape index (κ3) is 2.11. The summed E-state index contributed by atoms with van der Waals surface area (Å²) in [7, 11) is 0. The van der Waals surface area contributed by atoms with Crippen LogP contribution in [0.25, 0.3) is 11.3 Å². The predicted octanol–water partition coefficient (Wildman–Crippen LogP) is 2.09. The van der Waals surface area contributed by atoms with Crippen LogP contribution >= 0.6 is 0 Å². The summed E-state index contributed by atoms with van der Waals surface area (Å²) in [6.45, 7) is 1.49. The summed E-state index contributed by atoms with van der Waals surface area (Å²) in [5, 5.41) is 12.5. The van der Waals surface area contributed by atoms with E-state index >= 15 is 0 Å². The lowest BCUT2D eigenvalue weighted by molar-refractivity contribution is 0.0695. The van der Waals surface area contributed by atoms with Gasteiger partial charge in [0.05, 0.1) is 11.3 Å². The first-order chi connectivity index (χ1) is 9.27. The Morgan fingerprint density at radius 3 is 2.74 bits per heavy atom. The number of carboxylic acids is 1. The molecule has 2 aromatic rings. The molecule has 2 heterocycles. The molecule has 2 N–H and O–H groups in total. The van der Waals surface area contributed by atoms with Crippen LogP contribution in [0.5, 0.6) is 0 Å². The largest absolute Gasteiger partial charge is 0.478 e. The molecule has 0 fully saturated rings. The standard InChI is InChI=1S/C15H14N2O2/c18-15(19)13-9-17-14(10-4-2-1-3-5-10)12-8-16-7-6-11(12)13/h1-5,9,16H,6-8H2,(H,18,19). The quantitative estimate of drug-likeness (QED) is 0.861. The number of rotatable bonds is 2. The highest BCUT2D eigenvalue weighted by Gasteiger charge is 2.21. The van der Waals surface area contributed by atoms with E-state index in [9.17, 15) is 9.90 Å². The van der Waals surface area contributed by atoms with Crippen molar-refractivity contribution in [3.63, 3.8) is 0 Å². The molecule has 1 aliphatic heterocycles. The zero-order valence-corrected chi connectivity index (χ0v) is 10.4. The minimum Gasteiger partial charge on any atom is -0.478 e. The minimum absolute atomic E-state index is 0.330. The Hall–Kier alpha value is -2.20. The van der Waals surface area contributed by atoms with Crippen molar-refractivity contribution in [3.05, 3.63) is 53.2 Å². The lowest BCUT2D eigenvalue weighted by Gasteiger charge is -2.21. The van der Waals surface area contributed by atoms with Crippen molar-refractivity contribution in [2.24, 2.45) is 0 Å². The Kier molecular flexibility index (Phi) is 3.01. The molecule has 0 aliphatic carbocycles. The maximum atomic E-state index is 11.3. The second kappa shape index (κ2) is 4.82. The van der Waals surface area contributed by atoms with E-state index < -0.39 is 5.97 Å². The van der Waals surface area contributed by atoms with Crippen LogP contribution in [0, 0.1) is 0 Å². The second-order valence-electron chi connectivity index (χ2n) is 4.58. The maximum Gasteiger partial charge on any atom is 0.337 e. The van der Waals surface area contributed by atoms with Crippen LogP contribution in [-0.2, 0) is 13.0 Å². The summed E-state index contributed by atoms with van der Waals surface area (Å²) in [6, 6.07) is 9.88. The fraction of sp³-hybridized carbons (Fsp3) is 0.200. The molecular weight excluding hydrogens is 240 g/mol. The molecule has 19 heavy (non-hydrogen) atoms. The molecule has 1 aromatic heterocycles. The third-order valence-electron chi connectivity index (χ3n) is 3.43. The molecule has 0 spiro atoms. The molecule has 4 heteroatoms. The average molecular weight is 254 g/mol. The van der Waals surface area contributed by atoms with Crippen LogP contribution in [-0.4, -0.2) is 22.6 Å². The Labute approximate surface area is 111 Å². The van der Waals surface area contributed by atoms with Gasteiger partial charge in [0.1, 0.15) is 0 Å². The van der Waals surface area contributed by atoms with E-state index in [4.69, 9.17) is 0 Å². The normalized spacial score (nSPS) is 13.9. The molecular formula is C15H14N2O2. The summed E-state index contributed by atoms with van der Waals surface area (Å²) >= 11 is 0. The van der Waals surface area contributed by atoms with E-state index in [1.165, 1.54) is 6.20 Å². The summed E-state index contributed by atoms with van der Waals surface area (Å²) in [5.74, 6) is -0.898. The molecule has 0 saturated carbocycles. The number of aromatic nitrogens is 1. The zero-order chi connectivity index (χ0) is 13.2. The Morgan fingerprint density at radius 2 is 2.00 bits per heavy atom. The summed E-state index contributed by atoms with van der Waals surface area (Å²) in [4.78, 5) is 15.6. The summed E-state index contributed by atoms with van der Waals surface area (Å²) < 4.78 is 0. The van der Waals surface area contributed by atoms with Crippen LogP contribution in [0.4, 0.5) is 0 Å². The third-order valence-corrected chi connectivity index (χ3v) is 3.43. The molecule has 0 bridgehead atoms. The molecule has 3 rings (SSSR count). The van der Waals surface area contributed by atoms with Gasteiger partial charge in [0, 0.05) is 18.3 Å². The van der Waals surface area contributed by atoms with Crippen molar-refractivity contribution in [1.29, 1.82) is 0 Å². The minimum atomic E-state index is -0.898. The lowest BCUT2D eigenvalue weighted by Crippen LogP contribution is -2.26. The first kappa shape index (κ1) is 11.9. The number of nitrogens with zero attached hydrogens (tertiary/aromatic N) is 1. The molecule has 96 valence electrons. The van der Waals surface area contributed by atoms with Crippen LogP contribution in [0.2, 0.25) is 0 Å². The van der Waals surface area contributed by atoms with Gasteiger partial charge >= 0.3 is 5.97 Å². The highest BCUT2D eigenvalue weighted by atomic mass is 16.4. The highest BCUT2D eigenvalue weighted by molar-refractivity contribution is 5.90. The Morgan fingerprint density at radius 1 is 1.21 bits per heavy atom. The van der Waals surface area contributed by atoms with Crippen molar-refractivity contribution in [3.8, 4) is 11.3 Å². The van der Waals surface area contributed by atoms with E-state index in [-0.39, 0.29) is 0 Å². The fourth-order valence-electron chi connectivity index (χ4n) is 2.52. The van der Waals surface area contributed by atoms with Crippen LogP contribution in [0.1, 0.15) is 21.5 Å². The predicted molar refractivity (Wildman–Crippen MR) is 72.0 cm³/mol. The molecule has 0 saturated heterocycles. The monoisotopic (exact) mass is 254 g/mol. The van der Waals surface area contributed by atoms with E-state index in [0.29, 0.717) is 12.1 Å².